The molecule has 0 saturated carbocycles. The molecule has 6 heteroatoms. The van der Waals surface area contributed by atoms with Crippen LogP contribution in [0.1, 0.15) is 26.7 Å². The molecule has 118 valence electrons. The normalized spacial score (nSPS) is 24.0. The van der Waals surface area contributed by atoms with E-state index in [4.69, 9.17) is 4.74 Å². The van der Waals surface area contributed by atoms with Crippen molar-refractivity contribution >= 4 is 10.0 Å². The molecule has 1 saturated heterocycles. The number of piperazine rings is 1. The van der Waals surface area contributed by atoms with Crippen LogP contribution >= 0.6 is 0 Å². The lowest BCUT2D eigenvalue weighted by Crippen LogP contribution is -2.57. The molecule has 1 aliphatic rings. The summed E-state index contributed by atoms with van der Waals surface area (Å²) < 4.78 is 32.6. The Bertz CT molecular complexity index is 574. The van der Waals surface area contributed by atoms with Gasteiger partial charge in [-0.15, -0.1) is 0 Å². The van der Waals surface area contributed by atoms with Gasteiger partial charge in [0, 0.05) is 31.2 Å². The molecule has 0 amide bonds. The summed E-state index contributed by atoms with van der Waals surface area (Å²) in [7, 11) is -1.95. The molecule has 0 bridgehead atoms. The van der Waals surface area contributed by atoms with Crippen LogP contribution in [0.25, 0.3) is 0 Å². The van der Waals surface area contributed by atoms with Crippen LogP contribution < -0.4 is 10.1 Å². The zero-order valence-electron chi connectivity index (χ0n) is 12.9. The fourth-order valence-corrected chi connectivity index (χ4v) is 4.43. The monoisotopic (exact) mass is 312 g/mol. The topological polar surface area (TPSA) is 58.6 Å². The molecule has 1 aromatic rings. The number of nitrogens with one attached hydrogen (secondary N) is 1. The molecular weight excluding hydrogens is 288 g/mol. The Kier molecular flexibility index (Phi) is 5.24. The molecule has 1 fully saturated rings. The van der Waals surface area contributed by atoms with E-state index in [1.54, 1.807) is 35.7 Å². The van der Waals surface area contributed by atoms with Crippen molar-refractivity contribution in [3.63, 3.8) is 0 Å². The summed E-state index contributed by atoms with van der Waals surface area (Å²) in [6.07, 6.45) is 1.72. The quantitative estimate of drug-likeness (QED) is 0.901. The molecule has 1 aromatic carbocycles. The smallest absolute Gasteiger partial charge is 0.243 e. The Hall–Kier alpha value is -1.11. The molecule has 5 nitrogen and oxygen atoms in total. The highest BCUT2D eigenvalue weighted by Crippen LogP contribution is 2.25. The first kappa shape index (κ1) is 16.3. The first-order valence-electron chi connectivity index (χ1n) is 7.42. The second-order valence-corrected chi connectivity index (χ2v) is 7.22. The summed E-state index contributed by atoms with van der Waals surface area (Å²) in [6, 6.07) is 6.91. The second-order valence-electron chi connectivity index (χ2n) is 5.33. The van der Waals surface area contributed by atoms with E-state index in [1.807, 2.05) is 6.92 Å². The molecule has 0 aliphatic carbocycles. The molecule has 2 rings (SSSR count). The van der Waals surface area contributed by atoms with E-state index in [2.05, 4.69) is 12.2 Å². The van der Waals surface area contributed by atoms with Gasteiger partial charge in [-0.25, -0.2) is 8.42 Å². The van der Waals surface area contributed by atoms with Crippen LogP contribution in [0, 0.1) is 0 Å². The minimum absolute atomic E-state index is 0.00370. The van der Waals surface area contributed by atoms with Crippen LogP contribution in [0.5, 0.6) is 5.75 Å². The molecule has 2 atom stereocenters. The van der Waals surface area contributed by atoms with Crippen molar-refractivity contribution in [2.45, 2.75) is 43.7 Å². The van der Waals surface area contributed by atoms with Crippen molar-refractivity contribution < 1.29 is 13.2 Å². The van der Waals surface area contributed by atoms with Crippen molar-refractivity contribution in [1.82, 2.24) is 9.62 Å². The van der Waals surface area contributed by atoms with E-state index in [0.717, 1.165) is 12.8 Å². The van der Waals surface area contributed by atoms with Gasteiger partial charge < -0.3 is 10.1 Å². The first-order valence-corrected chi connectivity index (χ1v) is 8.86. The number of ether oxygens (including phenoxy) is 1. The predicted molar refractivity (Wildman–Crippen MR) is 83.0 cm³/mol. The first-order chi connectivity index (χ1) is 10.0. The second kappa shape index (κ2) is 6.77. The minimum Gasteiger partial charge on any atom is -0.497 e. The standard InChI is InChI=1S/C15H24N2O3S/c1-4-12-11-17(13(5-2)10-16-12)21(18,19)15-8-6-7-14(9-15)20-3/h6-9,12-13,16H,4-5,10-11H2,1-3H3. The Balaban J connectivity index is 2.34. The highest BCUT2D eigenvalue weighted by atomic mass is 32.2. The highest BCUT2D eigenvalue weighted by Gasteiger charge is 2.35. The summed E-state index contributed by atoms with van der Waals surface area (Å²) in [4.78, 5) is 0.303. The average Bonchev–Trinajstić information content (AvgIpc) is 2.54. The van der Waals surface area contributed by atoms with Crippen LogP contribution in [0.15, 0.2) is 29.2 Å². The van der Waals surface area contributed by atoms with Gasteiger partial charge in [0.05, 0.1) is 12.0 Å². The van der Waals surface area contributed by atoms with Crippen LogP contribution in [-0.4, -0.2) is 45.0 Å². The minimum atomic E-state index is -3.49. The lowest BCUT2D eigenvalue weighted by molar-refractivity contribution is 0.215. The van der Waals surface area contributed by atoms with E-state index in [-0.39, 0.29) is 12.1 Å². The van der Waals surface area contributed by atoms with Gasteiger partial charge in [-0.05, 0) is 25.0 Å². The molecule has 1 N–H and O–H groups in total. The third-order valence-electron chi connectivity index (χ3n) is 4.06. The van der Waals surface area contributed by atoms with Crippen LogP contribution in [-0.2, 0) is 10.0 Å². The van der Waals surface area contributed by atoms with Gasteiger partial charge in [0.1, 0.15) is 5.75 Å². The van der Waals surface area contributed by atoms with Gasteiger partial charge >= 0.3 is 0 Å². The Morgan fingerprint density at radius 3 is 2.71 bits per heavy atom. The maximum atomic E-state index is 12.9. The number of methoxy groups -OCH3 is 1. The molecule has 2 unspecified atom stereocenters. The summed E-state index contributed by atoms with van der Waals surface area (Å²) in [5, 5.41) is 3.42. The number of benzene rings is 1. The van der Waals surface area contributed by atoms with Crippen LogP contribution in [0.2, 0.25) is 0 Å². The van der Waals surface area contributed by atoms with Crippen molar-refractivity contribution in [2.75, 3.05) is 20.2 Å². The fraction of sp³-hybridized carbons (Fsp3) is 0.600. The SMILES string of the molecule is CCC1CN(S(=O)(=O)c2cccc(OC)c2)C(CC)CN1. The number of sulfonamides is 1. The van der Waals surface area contributed by atoms with Crippen LogP contribution in [0.3, 0.4) is 0 Å². The van der Waals surface area contributed by atoms with Crippen molar-refractivity contribution in [3.05, 3.63) is 24.3 Å². The number of rotatable bonds is 5. The Labute approximate surface area is 127 Å². The third-order valence-corrected chi connectivity index (χ3v) is 5.98. The lowest BCUT2D eigenvalue weighted by atomic mass is 10.1. The fourth-order valence-electron chi connectivity index (χ4n) is 2.65. The van der Waals surface area contributed by atoms with E-state index < -0.39 is 10.0 Å². The van der Waals surface area contributed by atoms with Crippen molar-refractivity contribution in [1.29, 1.82) is 0 Å². The highest BCUT2D eigenvalue weighted by molar-refractivity contribution is 7.89. The van der Waals surface area contributed by atoms with Crippen LogP contribution in [0.4, 0.5) is 0 Å². The van der Waals surface area contributed by atoms with Crippen molar-refractivity contribution in [3.8, 4) is 5.75 Å². The van der Waals surface area contributed by atoms with E-state index in [1.165, 1.54) is 0 Å². The van der Waals surface area contributed by atoms with E-state index in [0.29, 0.717) is 23.7 Å². The third kappa shape index (κ3) is 3.39. The molecule has 1 heterocycles. The average molecular weight is 312 g/mol. The van der Waals surface area contributed by atoms with E-state index >= 15 is 0 Å². The van der Waals surface area contributed by atoms with Gasteiger partial charge in [0.2, 0.25) is 10.0 Å². The van der Waals surface area contributed by atoms with Gasteiger partial charge in [-0.3, -0.25) is 0 Å². The van der Waals surface area contributed by atoms with Gasteiger partial charge in [0.15, 0.2) is 0 Å². The van der Waals surface area contributed by atoms with Gasteiger partial charge in [0.25, 0.3) is 0 Å². The predicted octanol–water partition coefficient (Wildman–Crippen LogP) is 1.85. The maximum Gasteiger partial charge on any atom is 0.243 e. The summed E-state index contributed by atoms with van der Waals surface area (Å²) in [5.74, 6) is 0.561. The molecule has 1 aliphatic heterocycles. The summed E-state index contributed by atoms with van der Waals surface area (Å²) in [6.45, 7) is 5.32. The Morgan fingerprint density at radius 2 is 2.10 bits per heavy atom. The molecule has 0 spiro atoms. The number of hydrogen-bond donors (Lipinski definition) is 1. The van der Waals surface area contributed by atoms with Gasteiger partial charge in [-0.1, -0.05) is 19.9 Å². The Morgan fingerprint density at radius 1 is 1.33 bits per heavy atom. The molecule has 21 heavy (non-hydrogen) atoms. The maximum absolute atomic E-state index is 12.9. The lowest BCUT2D eigenvalue weighted by Gasteiger charge is -2.38. The zero-order chi connectivity index (χ0) is 15.5. The van der Waals surface area contributed by atoms with E-state index in [9.17, 15) is 8.42 Å². The summed E-state index contributed by atoms with van der Waals surface area (Å²) >= 11 is 0. The van der Waals surface area contributed by atoms with Crippen molar-refractivity contribution in [2.24, 2.45) is 0 Å². The summed E-state index contributed by atoms with van der Waals surface area (Å²) in [5.41, 5.74) is 0. The number of nitrogens with zero attached hydrogens (tertiary/aromatic N) is 1. The molecule has 0 radical (unpaired) electrons. The largest absolute Gasteiger partial charge is 0.497 e. The molecular formula is C15H24N2O3S. The van der Waals surface area contributed by atoms with Gasteiger partial charge in [-0.2, -0.15) is 4.31 Å². The zero-order valence-corrected chi connectivity index (χ0v) is 13.7. The number of hydrogen-bond acceptors (Lipinski definition) is 4. The molecule has 0 aromatic heterocycles.